The SMILES string of the molecule is C[Si](C)(C)C#Cc1cc2ccc3c4ccc5c(ccc6cc(C#C[Si](C)(C)C)oc65)c4ccc3c2o1. The fourth-order valence-corrected chi connectivity index (χ4v) is 5.65. The van der Waals surface area contributed by atoms with Gasteiger partial charge in [-0.2, -0.15) is 0 Å². The Kier molecular flexibility index (Phi) is 4.99. The molecule has 36 heavy (non-hydrogen) atoms. The minimum Gasteiger partial charge on any atom is -0.447 e. The molecule has 4 aromatic carbocycles. The molecule has 0 aliphatic rings. The fourth-order valence-electron chi connectivity index (χ4n) is 4.65. The van der Waals surface area contributed by atoms with E-state index in [0.717, 1.165) is 44.2 Å². The zero-order valence-electron chi connectivity index (χ0n) is 21.6. The summed E-state index contributed by atoms with van der Waals surface area (Å²) in [7, 11) is -2.94. The van der Waals surface area contributed by atoms with E-state index < -0.39 is 16.1 Å². The molecule has 0 radical (unpaired) electrons. The summed E-state index contributed by atoms with van der Waals surface area (Å²) in [6.45, 7) is 13.5. The molecule has 2 aromatic heterocycles. The molecule has 2 heterocycles. The molecule has 0 atom stereocenters. The van der Waals surface area contributed by atoms with E-state index in [1.54, 1.807) is 0 Å². The summed E-state index contributed by atoms with van der Waals surface area (Å²) < 4.78 is 12.5. The first-order chi connectivity index (χ1) is 17.1. The van der Waals surface area contributed by atoms with Crippen LogP contribution in [0.15, 0.2) is 69.5 Å². The van der Waals surface area contributed by atoms with Crippen LogP contribution >= 0.6 is 0 Å². The maximum Gasteiger partial charge on any atom is 0.177 e. The molecule has 0 aliphatic carbocycles. The second-order valence-electron chi connectivity index (χ2n) is 11.6. The van der Waals surface area contributed by atoms with Crippen molar-refractivity contribution in [2.24, 2.45) is 0 Å². The smallest absolute Gasteiger partial charge is 0.177 e. The Balaban J connectivity index is 1.54. The minimum atomic E-state index is -1.47. The highest BCUT2D eigenvalue weighted by molar-refractivity contribution is 6.84. The largest absolute Gasteiger partial charge is 0.447 e. The summed E-state index contributed by atoms with van der Waals surface area (Å²) in [6, 6.07) is 21.6. The van der Waals surface area contributed by atoms with Gasteiger partial charge in [-0.15, -0.1) is 11.1 Å². The van der Waals surface area contributed by atoms with Crippen molar-refractivity contribution in [1.82, 2.24) is 0 Å². The molecule has 0 fully saturated rings. The molecule has 0 saturated carbocycles. The van der Waals surface area contributed by atoms with Crippen LogP contribution in [0.25, 0.3) is 54.3 Å². The van der Waals surface area contributed by atoms with Crippen molar-refractivity contribution in [2.45, 2.75) is 39.3 Å². The van der Waals surface area contributed by atoms with Crippen LogP contribution in [0.2, 0.25) is 39.3 Å². The molecular weight excluding hydrogens is 473 g/mol. The van der Waals surface area contributed by atoms with E-state index in [9.17, 15) is 0 Å². The molecular formula is C32H28O2Si2. The number of fused-ring (bicyclic) bond motifs is 9. The number of furan rings is 2. The highest BCUT2D eigenvalue weighted by Crippen LogP contribution is 2.38. The molecule has 6 rings (SSSR count). The fraction of sp³-hybridized carbons (Fsp3) is 0.188. The Morgan fingerprint density at radius 1 is 0.472 bits per heavy atom. The lowest BCUT2D eigenvalue weighted by Crippen LogP contribution is -2.16. The lowest BCUT2D eigenvalue weighted by molar-refractivity contribution is 0.604. The van der Waals surface area contributed by atoms with Crippen molar-refractivity contribution in [1.29, 1.82) is 0 Å². The maximum atomic E-state index is 6.24. The van der Waals surface area contributed by atoms with Crippen LogP contribution < -0.4 is 0 Å². The molecule has 0 unspecified atom stereocenters. The highest BCUT2D eigenvalue weighted by Gasteiger charge is 2.14. The lowest BCUT2D eigenvalue weighted by Gasteiger charge is -2.08. The van der Waals surface area contributed by atoms with Gasteiger partial charge in [-0.3, -0.25) is 0 Å². The average Bonchev–Trinajstić information content (AvgIpc) is 3.43. The molecule has 176 valence electrons. The maximum absolute atomic E-state index is 6.24. The normalized spacial score (nSPS) is 12.3. The second kappa shape index (κ2) is 7.90. The van der Waals surface area contributed by atoms with Gasteiger partial charge in [0.15, 0.2) is 11.5 Å². The van der Waals surface area contributed by atoms with Crippen LogP contribution in [0, 0.1) is 22.9 Å². The predicted molar refractivity (Wildman–Crippen MR) is 159 cm³/mol. The average molecular weight is 501 g/mol. The van der Waals surface area contributed by atoms with E-state index in [2.05, 4.69) is 123 Å². The molecule has 6 aromatic rings. The van der Waals surface area contributed by atoms with E-state index in [4.69, 9.17) is 8.83 Å². The Bertz CT molecular complexity index is 1820. The van der Waals surface area contributed by atoms with Crippen molar-refractivity contribution in [3.8, 4) is 22.9 Å². The molecule has 0 N–H and O–H groups in total. The molecule has 0 amide bonds. The summed E-state index contributed by atoms with van der Waals surface area (Å²) in [6.07, 6.45) is 0. The summed E-state index contributed by atoms with van der Waals surface area (Å²) >= 11 is 0. The van der Waals surface area contributed by atoms with Crippen LogP contribution in [0.3, 0.4) is 0 Å². The topological polar surface area (TPSA) is 26.3 Å². The van der Waals surface area contributed by atoms with Gasteiger partial charge in [0, 0.05) is 33.7 Å². The first-order valence-corrected chi connectivity index (χ1v) is 19.4. The number of hydrogen-bond donors (Lipinski definition) is 0. The van der Waals surface area contributed by atoms with Gasteiger partial charge in [0.25, 0.3) is 0 Å². The number of rotatable bonds is 0. The number of hydrogen-bond acceptors (Lipinski definition) is 2. The van der Waals surface area contributed by atoms with Crippen LogP contribution in [0.4, 0.5) is 0 Å². The van der Waals surface area contributed by atoms with Crippen LogP contribution in [-0.2, 0) is 0 Å². The first-order valence-electron chi connectivity index (χ1n) is 12.4. The van der Waals surface area contributed by atoms with Crippen molar-refractivity contribution in [3.63, 3.8) is 0 Å². The van der Waals surface area contributed by atoms with Crippen LogP contribution in [-0.4, -0.2) is 16.1 Å². The van der Waals surface area contributed by atoms with Gasteiger partial charge >= 0.3 is 0 Å². The lowest BCUT2D eigenvalue weighted by atomic mass is 9.95. The van der Waals surface area contributed by atoms with Gasteiger partial charge in [-0.05, 0) is 45.5 Å². The van der Waals surface area contributed by atoms with E-state index in [0.29, 0.717) is 0 Å². The molecule has 0 saturated heterocycles. The monoisotopic (exact) mass is 500 g/mol. The minimum absolute atomic E-state index is 0.742. The van der Waals surface area contributed by atoms with Crippen LogP contribution in [0.5, 0.6) is 0 Å². The Morgan fingerprint density at radius 3 is 1.19 bits per heavy atom. The van der Waals surface area contributed by atoms with E-state index in [1.165, 1.54) is 21.5 Å². The van der Waals surface area contributed by atoms with E-state index >= 15 is 0 Å². The zero-order chi connectivity index (χ0) is 25.2. The molecule has 2 nitrogen and oxygen atoms in total. The van der Waals surface area contributed by atoms with Gasteiger partial charge in [0.1, 0.15) is 27.3 Å². The summed E-state index contributed by atoms with van der Waals surface area (Å²) in [5, 5.41) is 9.19. The van der Waals surface area contributed by atoms with E-state index in [-0.39, 0.29) is 0 Å². The first kappa shape index (κ1) is 22.7. The summed E-state index contributed by atoms with van der Waals surface area (Å²) in [5.41, 5.74) is 8.62. The third-order valence-corrected chi connectivity index (χ3v) is 8.03. The summed E-state index contributed by atoms with van der Waals surface area (Å²) in [4.78, 5) is 0. The zero-order valence-corrected chi connectivity index (χ0v) is 23.6. The third-order valence-electron chi connectivity index (χ3n) is 6.28. The van der Waals surface area contributed by atoms with Crippen molar-refractivity contribution < 1.29 is 8.83 Å². The van der Waals surface area contributed by atoms with Gasteiger partial charge in [-0.1, -0.05) is 75.7 Å². The summed E-state index contributed by atoms with van der Waals surface area (Å²) in [5.74, 6) is 8.01. The second-order valence-corrected chi connectivity index (χ2v) is 21.1. The Morgan fingerprint density at radius 2 is 0.806 bits per heavy atom. The Hall–Kier alpha value is -3.71. The molecule has 0 aliphatic heterocycles. The van der Waals surface area contributed by atoms with E-state index in [1.807, 2.05) is 0 Å². The van der Waals surface area contributed by atoms with Gasteiger partial charge in [-0.25, -0.2) is 0 Å². The quantitative estimate of drug-likeness (QED) is 0.118. The highest BCUT2D eigenvalue weighted by atomic mass is 28.3. The van der Waals surface area contributed by atoms with Gasteiger partial charge < -0.3 is 8.83 Å². The Labute approximate surface area is 213 Å². The van der Waals surface area contributed by atoms with Crippen molar-refractivity contribution in [2.75, 3.05) is 0 Å². The number of benzene rings is 4. The van der Waals surface area contributed by atoms with Crippen LogP contribution in [0.1, 0.15) is 11.5 Å². The predicted octanol–water partition coefficient (Wildman–Crippen LogP) is 9.10. The van der Waals surface area contributed by atoms with Gasteiger partial charge in [0.05, 0.1) is 0 Å². The van der Waals surface area contributed by atoms with Crippen molar-refractivity contribution in [3.05, 3.63) is 72.2 Å². The molecule has 0 spiro atoms. The van der Waals surface area contributed by atoms with Crippen molar-refractivity contribution >= 4 is 70.4 Å². The molecule has 0 bridgehead atoms. The van der Waals surface area contributed by atoms with Gasteiger partial charge in [0.2, 0.25) is 0 Å². The standard InChI is InChI=1S/C32H28O2Si2/c1-35(2,3)17-15-23-19-21-7-9-27-25-12-14-30-28(26(25)11-13-29(27)31(21)33-23)10-8-22-20-24(34-32(22)30)16-18-36(4,5)6/h7-14,19-20H,1-6H3. The molecule has 4 heteroatoms. The third kappa shape index (κ3) is 4.03.